The normalized spacial score (nSPS) is 43.7. The minimum atomic E-state index is -0.197. The quantitative estimate of drug-likeness (QED) is 0.452. The van der Waals surface area contributed by atoms with Crippen molar-refractivity contribution in [1.82, 2.24) is 0 Å². The summed E-state index contributed by atoms with van der Waals surface area (Å²) >= 11 is 4.45. The molecule has 12 heavy (non-hydrogen) atoms. The molecule has 70 valence electrons. The summed E-state index contributed by atoms with van der Waals surface area (Å²) in [5, 5.41) is 0. The van der Waals surface area contributed by atoms with Crippen molar-refractivity contribution in [3.05, 3.63) is 12.2 Å². The van der Waals surface area contributed by atoms with Crippen molar-refractivity contribution < 1.29 is 4.74 Å². The van der Waals surface area contributed by atoms with Gasteiger partial charge in [-0.15, -0.1) is 12.6 Å². The highest BCUT2D eigenvalue weighted by Gasteiger charge is 2.39. The minimum absolute atomic E-state index is 0.197. The van der Waals surface area contributed by atoms with Gasteiger partial charge in [0.05, 0.1) is 6.10 Å². The van der Waals surface area contributed by atoms with E-state index in [0.29, 0.717) is 12.0 Å². The van der Waals surface area contributed by atoms with Crippen molar-refractivity contribution in [2.45, 2.75) is 44.6 Å². The third kappa shape index (κ3) is 1.86. The molecule has 3 unspecified atom stereocenters. The smallest absolute Gasteiger partial charge is 0.115 e. The molecule has 0 aromatic rings. The molecule has 1 saturated heterocycles. The van der Waals surface area contributed by atoms with Crippen molar-refractivity contribution in [3.63, 3.8) is 0 Å². The summed E-state index contributed by atoms with van der Waals surface area (Å²) in [6, 6.07) is 0. The Morgan fingerprint density at radius 3 is 2.17 bits per heavy atom. The van der Waals surface area contributed by atoms with Crippen LogP contribution < -0.4 is 0 Å². The van der Waals surface area contributed by atoms with Gasteiger partial charge in [-0.3, -0.25) is 0 Å². The molecule has 1 fully saturated rings. The van der Waals surface area contributed by atoms with Crippen LogP contribution in [0.4, 0.5) is 0 Å². The predicted octanol–water partition coefficient (Wildman–Crippen LogP) is 3.02. The zero-order valence-corrected chi connectivity index (χ0v) is 8.97. The van der Waals surface area contributed by atoms with Crippen LogP contribution in [0.1, 0.15) is 33.6 Å². The predicted molar refractivity (Wildman–Crippen MR) is 55.5 cm³/mol. The highest BCUT2D eigenvalue weighted by Crippen LogP contribution is 2.41. The summed E-state index contributed by atoms with van der Waals surface area (Å²) in [4.78, 5) is -0.197. The molecule has 0 aromatic heterocycles. The van der Waals surface area contributed by atoms with Crippen LogP contribution in [0.25, 0.3) is 0 Å². The zero-order valence-electron chi connectivity index (χ0n) is 8.08. The van der Waals surface area contributed by atoms with Crippen LogP contribution in [0, 0.1) is 5.92 Å². The van der Waals surface area contributed by atoms with Gasteiger partial charge in [-0.2, -0.15) is 0 Å². The molecule has 0 amide bonds. The number of fused-ring (bicyclic) bond motifs is 2. The van der Waals surface area contributed by atoms with Gasteiger partial charge in [0.15, 0.2) is 0 Å². The molecule has 0 aromatic carbocycles. The van der Waals surface area contributed by atoms with E-state index in [9.17, 15) is 0 Å². The summed E-state index contributed by atoms with van der Waals surface area (Å²) < 4.78 is 5.65. The van der Waals surface area contributed by atoms with Gasteiger partial charge in [0.1, 0.15) is 4.93 Å². The van der Waals surface area contributed by atoms with Crippen LogP contribution in [0.15, 0.2) is 12.2 Å². The topological polar surface area (TPSA) is 9.23 Å². The van der Waals surface area contributed by atoms with Crippen molar-refractivity contribution in [1.29, 1.82) is 0 Å². The molecule has 2 heteroatoms. The van der Waals surface area contributed by atoms with E-state index < -0.39 is 0 Å². The second-order valence-corrected chi connectivity index (χ2v) is 4.17. The summed E-state index contributed by atoms with van der Waals surface area (Å²) in [5.74, 6) is 0.529. The number of hydrogen-bond acceptors (Lipinski definition) is 2. The summed E-state index contributed by atoms with van der Waals surface area (Å²) in [6.45, 7) is 6.05. The Balaban J connectivity index is 0.000000336. The van der Waals surface area contributed by atoms with E-state index in [0.717, 1.165) is 0 Å². The lowest BCUT2D eigenvalue weighted by atomic mass is 9.86. The lowest BCUT2D eigenvalue weighted by Gasteiger charge is -2.43. The van der Waals surface area contributed by atoms with Gasteiger partial charge in [-0.1, -0.05) is 26.0 Å². The fourth-order valence-corrected chi connectivity index (χ4v) is 2.08. The Hall–Kier alpha value is 0.0500. The lowest BCUT2D eigenvalue weighted by Crippen LogP contribution is -2.42. The highest BCUT2D eigenvalue weighted by atomic mass is 32.1. The van der Waals surface area contributed by atoms with Crippen molar-refractivity contribution in [2.75, 3.05) is 0 Å². The Morgan fingerprint density at radius 2 is 2.00 bits per heavy atom. The van der Waals surface area contributed by atoms with Gasteiger partial charge in [-0.05, 0) is 19.8 Å². The molecule has 0 spiro atoms. The van der Waals surface area contributed by atoms with Crippen LogP contribution in [0.2, 0.25) is 0 Å². The molecule has 3 atom stereocenters. The first-order chi connectivity index (χ1) is 5.68. The van der Waals surface area contributed by atoms with E-state index in [1.54, 1.807) is 0 Å². The first-order valence-corrected chi connectivity index (χ1v) is 5.22. The summed E-state index contributed by atoms with van der Waals surface area (Å²) in [7, 11) is 0. The monoisotopic (exact) mass is 186 g/mol. The molecule has 1 nitrogen and oxygen atoms in total. The molecule has 0 radical (unpaired) electrons. The van der Waals surface area contributed by atoms with Crippen LogP contribution in [0.5, 0.6) is 0 Å². The average molecular weight is 186 g/mol. The molecule has 3 rings (SSSR count). The number of hydrogen-bond donors (Lipinski definition) is 1. The molecule has 3 aliphatic rings. The third-order valence-corrected chi connectivity index (χ3v) is 2.84. The molecule has 2 heterocycles. The second-order valence-electron chi connectivity index (χ2n) is 3.28. The van der Waals surface area contributed by atoms with Crippen molar-refractivity contribution in [3.8, 4) is 0 Å². The number of rotatable bonds is 0. The maximum absolute atomic E-state index is 5.65. The van der Waals surface area contributed by atoms with Gasteiger partial charge in [0, 0.05) is 5.92 Å². The number of ether oxygens (including phenoxy) is 1. The number of thiol groups is 1. The zero-order chi connectivity index (χ0) is 9.19. The van der Waals surface area contributed by atoms with Gasteiger partial charge in [0.2, 0.25) is 0 Å². The van der Waals surface area contributed by atoms with Gasteiger partial charge < -0.3 is 4.74 Å². The van der Waals surface area contributed by atoms with Crippen LogP contribution in [-0.2, 0) is 4.74 Å². The van der Waals surface area contributed by atoms with Crippen molar-refractivity contribution >= 4 is 12.6 Å². The fourth-order valence-electron chi connectivity index (χ4n) is 1.73. The van der Waals surface area contributed by atoms with E-state index in [2.05, 4.69) is 31.7 Å². The first-order valence-electron chi connectivity index (χ1n) is 4.77. The van der Waals surface area contributed by atoms with E-state index >= 15 is 0 Å². The first kappa shape index (κ1) is 10.1. The van der Waals surface area contributed by atoms with E-state index in [-0.39, 0.29) is 4.93 Å². The average Bonchev–Trinajstić information content (AvgIpc) is 2.08. The summed E-state index contributed by atoms with van der Waals surface area (Å²) in [5.41, 5.74) is 0. The van der Waals surface area contributed by atoms with E-state index in [1.807, 2.05) is 13.8 Å². The third-order valence-electron chi connectivity index (χ3n) is 2.40. The van der Waals surface area contributed by atoms with Gasteiger partial charge >= 0.3 is 0 Å². The SMILES string of the molecule is CC.CC1(S)OC2C=CC1CC2. The Kier molecular flexibility index (Phi) is 3.24. The standard InChI is InChI=1S/C8H12OS.C2H6/c1-8(10)6-2-4-7(9-8)5-3-6;1-2/h2,4,6-7,10H,3,5H2,1H3;1-2H3. The van der Waals surface area contributed by atoms with Crippen molar-refractivity contribution in [2.24, 2.45) is 5.92 Å². The van der Waals surface area contributed by atoms with Crippen LogP contribution in [-0.4, -0.2) is 11.0 Å². The fraction of sp³-hybridized carbons (Fsp3) is 0.800. The second kappa shape index (κ2) is 3.84. The largest absolute Gasteiger partial charge is 0.357 e. The Bertz CT molecular complexity index is 175. The molecular weight excluding hydrogens is 168 g/mol. The molecule has 2 bridgehead atoms. The van der Waals surface area contributed by atoms with Crippen LogP contribution in [0.3, 0.4) is 0 Å². The minimum Gasteiger partial charge on any atom is -0.357 e. The van der Waals surface area contributed by atoms with E-state index in [4.69, 9.17) is 4.74 Å². The molecule has 2 aliphatic heterocycles. The Labute approximate surface area is 80.6 Å². The molecule has 1 aliphatic carbocycles. The molecule has 0 N–H and O–H groups in total. The highest BCUT2D eigenvalue weighted by molar-refractivity contribution is 7.81. The van der Waals surface area contributed by atoms with E-state index in [1.165, 1.54) is 12.8 Å². The van der Waals surface area contributed by atoms with Gasteiger partial charge in [0.25, 0.3) is 0 Å². The van der Waals surface area contributed by atoms with Crippen LogP contribution >= 0.6 is 12.6 Å². The summed E-state index contributed by atoms with van der Waals surface area (Å²) in [6.07, 6.45) is 7.16. The maximum Gasteiger partial charge on any atom is 0.115 e. The molecular formula is C10H18OS. The maximum atomic E-state index is 5.65. The Morgan fingerprint density at radius 1 is 1.33 bits per heavy atom. The van der Waals surface area contributed by atoms with Gasteiger partial charge in [-0.25, -0.2) is 0 Å². The molecule has 0 saturated carbocycles. The lowest BCUT2D eigenvalue weighted by molar-refractivity contribution is -0.0722.